The zero-order chi connectivity index (χ0) is 21.5. The van der Waals surface area contributed by atoms with Gasteiger partial charge in [0.15, 0.2) is 0 Å². The van der Waals surface area contributed by atoms with Gasteiger partial charge in [0.2, 0.25) is 11.9 Å². The molecule has 0 spiro atoms. The molecule has 3 rings (SSSR count). The summed E-state index contributed by atoms with van der Waals surface area (Å²) in [6, 6.07) is 14.7. The van der Waals surface area contributed by atoms with Crippen LogP contribution in [-0.4, -0.2) is 22.5 Å². The molecule has 0 radical (unpaired) electrons. The molecule has 0 aliphatic rings. The van der Waals surface area contributed by atoms with Crippen LogP contribution in [0.5, 0.6) is 5.75 Å². The second kappa shape index (κ2) is 10.4. The lowest BCUT2D eigenvalue weighted by atomic mass is 10.2. The number of rotatable bonds is 8. The number of nitrogens with one attached hydrogen (secondary N) is 2. The van der Waals surface area contributed by atoms with E-state index in [2.05, 4.69) is 36.5 Å². The maximum Gasteiger partial charge on any atom is 0.227 e. The molecule has 0 bridgehead atoms. The number of benzene rings is 2. The van der Waals surface area contributed by atoms with Gasteiger partial charge in [-0.1, -0.05) is 11.6 Å². The minimum atomic E-state index is -0.0628. The molecule has 30 heavy (non-hydrogen) atoms. The van der Waals surface area contributed by atoms with E-state index in [1.54, 1.807) is 18.2 Å². The molecule has 6 nitrogen and oxygen atoms in total. The first-order valence-electron chi connectivity index (χ1n) is 9.46. The fourth-order valence-corrected chi connectivity index (χ4v) is 3.58. The SMILES string of the molecule is Cc1cc(C)nc(Nc2ccc(NC(=O)CCCOc3ccc(Cl)cc3Br)cc2)n1. The predicted molar refractivity (Wildman–Crippen MR) is 124 cm³/mol. The fraction of sp³-hybridized carbons (Fsp3) is 0.227. The number of aryl methyl sites for hydroxylation is 2. The first kappa shape index (κ1) is 22.1. The third-order valence-electron chi connectivity index (χ3n) is 4.11. The minimum absolute atomic E-state index is 0.0628. The van der Waals surface area contributed by atoms with E-state index < -0.39 is 0 Å². The molecule has 1 amide bonds. The van der Waals surface area contributed by atoms with Gasteiger partial charge in [0.1, 0.15) is 5.75 Å². The summed E-state index contributed by atoms with van der Waals surface area (Å²) >= 11 is 9.32. The molecule has 0 fully saturated rings. The summed E-state index contributed by atoms with van der Waals surface area (Å²) in [6.07, 6.45) is 0.964. The normalized spacial score (nSPS) is 10.5. The Hall–Kier alpha value is -2.64. The smallest absolute Gasteiger partial charge is 0.227 e. The van der Waals surface area contributed by atoms with E-state index in [1.165, 1.54) is 0 Å². The van der Waals surface area contributed by atoms with E-state index in [-0.39, 0.29) is 5.91 Å². The molecule has 0 unspecified atom stereocenters. The second-order valence-corrected chi connectivity index (χ2v) is 8.04. The Morgan fingerprint density at radius 3 is 2.37 bits per heavy atom. The largest absolute Gasteiger partial charge is 0.492 e. The van der Waals surface area contributed by atoms with E-state index in [0.717, 1.165) is 27.2 Å². The number of ether oxygens (including phenoxy) is 1. The van der Waals surface area contributed by atoms with Crippen molar-refractivity contribution >= 4 is 50.8 Å². The van der Waals surface area contributed by atoms with Gasteiger partial charge in [-0.3, -0.25) is 4.79 Å². The van der Waals surface area contributed by atoms with Gasteiger partial charge in [-0.15, -0.1) is 0 Å². The van der Waals surface area contributed by atoms with E-state index in [4.69, 9.17) is 16.3 Å². The summed E-state index contributed by atoms with van der Waals surface area (Å²) in [5, 5.41) is 6.69. The van der Waals surface area contributed by atoms with E-state index in [1.807, 2.05) is 44.2 Å². The van der Waals surface area contributed by atoms with Crippen molar-refractivity contribution in [3.63, 3.8) is 0 Å². The van der Waals surface area contributed by atoms with Crippen molar-refractivity contribution in [2.45, 2.75) is 26.7 Å². The first-order valence-corrected chi connectivity index (χ1v) is 10.6. The van der Waals surface area contributed by atoms with Gasteiger partial charge in [0.25, 0.3) is 0 Å². The highest BCUT2D eigenvalue weighted by Crippen LogP contribution is 2.28. The van der Waals surface area contributed by atoms with Gasteiger partial charge in [-0.2, -0.15) is 0 Å². The Morgan fingerprint density at radius 1 is 1.03 bits per heavy atom. The average Bonchev–Trinajstić information content (AvgIpc) is 2.67. The average molecular weight is 490 g/mol. The lowest BCUT2D eigenvalue weighted by Gasteiger charge is -2.10. The summed E-state index contributed by atoms with van der Waals surface area (Å²) < 4.78 is 6.47. The van der Waals surface area contributed by atoms with Crippen molar-refractivity contribution in [2.24, 2.45) is 0 Å². The van der Waals surface area contributed by atoms with Crippen molar-refractivity contribution in [3.05, 3.63) is 69.4 Å². The summed E-state index contributed by atoms with van der Waals surface area (Å²) in [5.41, 5.74) is 3.38. The fourth-order valence-electron chi connectivity index (χ4n) is 2.78. The molecule has 156 valence electrons. The Labute approximate surface area is 189 Å². The molecule has 2 N–H and O–H groups in total. The van der Waals surface area contributed by atoms with E-state index in [0.29, 0.717) is 36.2 Å². The van der Waals surface area contributed by atoms with Gasteiger partial charge < -0.3 is 15.4 Å². The summed E-state index contributed by atoms with van der Waals surface area (Å²) in [6.45, 7) is 4.29. The van der Waals surface area contributed by atoms with Crippen molar-refractivity contribution in [3.8, 4) is 5.75 Å². The maximum atomic E-state index is 12.2. The van der Waals surface area contributed by atoms with Gasteiger partial charge in [-0.25, -0.2) is 9.97 Å². The van der Waals surface area contributed by atoms with Crippen LogP contribution in [0.4, 0.5) is 17.3 Å². The van der Waals surface area contributed by atoms with Crippen LogP contribution in [0.2, 0.25) is 5.02 Å². The molecule has 0 atom stereocenters. The van der Waals surface area contributed by atoms with Gasteiger partial charge in [0.05, 0.1) is 11.1 Å². The standard InChI is InChI=1S/C22H22BrClN4O2/c1-14-12-15(2)26-22(25-14)28-18-8-6-17(7-9-18)27-21(29)4-3-11-30-20-10-5-16(24)13-19(20)23/h5-10,12-13H,3-4,11H2,1-2H3,(H,27,29)(H,25,26,28). The van der Waals surface area contributed by atoms with Crippen LogP contribution >= 0.6 is 27.5 Å². The molecule has 0 aliphatic carbocycles. The monoisotopic (exact) mass is 488 g/mol. The number of anilines is 3. The highest BCUT2D eigenvalue weighted by Gasteiger charge is 2.06. The third-order valence-corrected chi connectivity index (χ3v) is 4.96. The van der Waals surface area contributed by atoms with Crippen LogP contribution in [0.25, 0.3) is 0 Å². The van der Waals surface area contributed by atoms with Crippen LogP contribution in [0, 0.1) is 13.8 Å². The van der Waals surface area contributed by atoms with Crippen molar-refractivity contribution in [1.82, 2.24) is 9.97 Å². The van der Waals surface area contributed by atoms with E-state index >= 15 is 0 Å². The molecule has 0 saturated heterocycles. The van der Waals surface area contributed by atoms with Crippen LogP contribution in [0.1, 0.15) is 24.2 Å². The Balaban J connectivity index is 1.44. The molecule has 2 aromatic carbocycles. The Morgan fingerprint density at radius 2 is 1.70 bits per heavy atom. The van der Waals surface area contributed by atoms with Crippen LogP contribution in [-0.2, 0) is 4.79 Å². The highest BCUT2D eigenvalue weighted by atomic mass is 79.9. The zero-order valence-corrected chi connectivity index (χ0v) is 19.0. The number of carbonyl (C=O) groups is 1. The number of halogens is 2. The molecule has 0 aliphatic heterocycles. The number of amides is 1. The topological polar surface area (TPSA) is 76.1 Å². The highest BCUT2D eigenvalue weighted by molar-refractivity contribution is 9.10. The minimum Gasteiger partial charge on any atom is -0.492 e. The summed E-state index contributed by atoms with van der Waals surface area (Å²) in [7, 11) is 0. The second-order valence-electron chi connectivity index (χ2n) is 6.75. The van der Waals surface area contributed by atoms with Crippen molar-refractivity contribution in [2.75, 3.05) is 17.2 Å². The van der Waals surface area contributed by atoms with Crippen LogP contribution < -0.4 is 15.4 Å². The van der Waals surface area contributed by atoms with Crippen molar-refractivity contribution < 1.29 is 9.53 Å². The lowest BCUT2D eigenvalue weighted by Crippen LogP contribution is -2.12. The van der Waals surface area contributed by atoms with Gasteiger partial charge in [0, 0.05) is 34.2 Å². The molecule has 0 saturated carbocycles. The number of hydrogen-bond donors (Lipinski definition) is 2. The Kier molecular flexibility index (Phi) is 7.65. The van der Waals surface area contributed by atoms with Crippen LogP contribution in [0.3, 0.4) is 0 Å². The summed E-state index contributed by atoms with van der Waals surface area (Å²) in [4.78, 5) is 20.9. The molecule has 1 heterocycles. The number of nitrogens with zero attached hydrogens (tertiary/aromatic N) is 2. The number of hydrogen-bond acceptors (Lipinski definition) is 5. The maximum absolute atomic E-state index is 12.2. The van der Waals surface area contributed by atoms with Gasteiger partial charge >= 0.3 is 0 Å². The molecule has 8 heteroatoms. The quantitative estimate of drug-likeness (QED) is 0.377. The molecule has 1 aromatic heterocycles. The number of aromatic nitrogens is 2. The zero-order valence-electron chi connectivity index (χ0n) is 16.7. The van der Waals surface area contributed by atoms with Crippen molar-refractivity contribution in [1.29, 1.82) is 0 Å². The van der Waals surface area contributed by atoms with E-state index in [9.17, 15) is 4.79 Å². The summed E-state index contributed by atoms with van der Waals surface area (Å²) in [5.74, 6) is 1.19. The Bertz CT molecular complexity index is 1010. The number of carbonyl (C=O) groups excluding carboxylic acids is 1. The third kappa shape index (κ3) is 6.71. The lowest BCUT2D eigenvalue weighted by molar-refractivity contribution is -0.116. The molecule has 3 aromatic rings. The predicted octanol–water partition coefficient (Wildman–Crippen LogP) is 6.05. The molecular weight excluding hydrogens is 468 g/mol. The van der Waals surface area contributed by atoms with Gasteiger partial charge in [-0.05, 0) is 84.7 Å². The van der Waals surface area contributed by atoms with Crippen LogP contribution in [0.15, 0.2) is 53.0 Å². The first-order chi connectivity index (χ1) is 14.4. The molecular formula is C22H22BrClN4O2.